The highest BCUT2D eigenvalue weighted by Gasteiger charge is 2.26. The Morgan fingerprint density at radius 1 is 0.545 bits per heavy atom. The van der Waals surface area contributed by atoms with E-state index in [0.29, 0.717) is 6.54 Å². The number of hydrogen-bond donors (Lipinski definition) is 2. The quantitative estimate of drug-likeness (QED) is 0.166. The summed E-state index contributed by atoms with van der Waals surface area (Å²) >= 11 is 3.65. The van der Waals surface area contributed by atoms with E-state index in [1.165, 1.54) is 50.1 Å². The van der Waals surface area contributed by atoms with Crippen LogP contribution in [0.2, 0.25) is 0 Å². The maximum Gasteiger partial charge on any atom is 0.135 e. The van der Waals surface area contributed by atoms with Crippen molar-refractivity contribution >= 4 is 38.7 Å². The molecule has 0 spiro atoms. The van der Waals surface area contributed by atoms with E-state index in [2.05, 4.69) is 194 Å². The van der Waals surface area contributed by atoms with E-state index in [-0.39, 0.29) is 0 Å². The molecule has 0 amide bonds. The molecule has 0 bridgehead atoms. The number of nitrogens with one attached hydrogen (secondary N) is 2. The van der Waals surface area contributed by atoms with Gasteiger partial charge in [-0.1, -0.05) is 96.1 Å². The minimum absolute atomic E-state index is 0.609. The minimum atomic E-state index is 0.609. The lowest BCUT2D eigenvalue weighted by molar-refractivity contribution is 0.612. The van der Waals surface area contributed by atoms with Crippen LogP contribution in [0.5, 0.6) is 0 Å². The Morgan fingerprint density at radius 2 is 1.02 bits per heavy atom. The minimum Gasteiger partial charge on any atom is -0.354 e. The average Bonchev–Trinajstić information content (AvgIpc) is 4.00. The third-order valence-corrected chi connectivity index (χ3v) is 10.8. The van der Waals surface area contributed by atoms with Gasteiger partial charge in [-0.2, -0.15) is 0 Å². The van der Waals surface area contributed by atoms with Crippen LogP contribution in [0.1, 0.15) is 61.5 Å². The molecule has 6 heteroatoms. The molecule has 0 unspecified atom stereocenters. The first-order valence-electron chi connectivity index (χ1n) is 18.7. The lowest BCUT2D eigenvalue weighted by atomic mass is 9.91. The fourth-order valence-electron chi connectivity index (χ4n) is 8.12. The Morgan fingerprint density at radius 3 is 1.51 bits per heavy atom. The molecule has 0 saturated carbocycles. The van der Waals surface area contributed by atoms with E-state index in [4.69, 9.17) is 9.98 Å². The lowest BCUT2D eigenvalue weighted by Gasteiger charge is -2.23. The third kappa shape index (κ3) is 7.30. The van der Waals surface area contributed by atoms with Gasteiger partial charge in [0.25, 0.3) is 0 Å². The highest BCUT2D eigenvalue weighted by Crippen LogP contribution is 2.38. The highest BCUT2D eigenvalue weighted by atomic mass is 79.9. The fourth-order valence-corrected chi connectivity index (χ4v) is 8.46. The van der Waals surface area contributed by atoms with Gasteiger partial charge in [0.2, 0.25) is 0 Å². The van der Waals surface area contributed by atoms with Crippen molar-refractivity contribution in [3.8, 4) is 11.3 Å². The van der Waals surface area contributed by atoms with Gasteiger partial charge in [-0.05, 0) is 151 Å². The average molecular weight is 783 g/mol. The topological polar surface area (TPSA) is 59.5 Å². The number of aryl methyl sites for hydroxylation is 6. The molecule has 55 heavy (non-hydrogen) atoms. The number of allylic oxidation sites excluding steroid dienone is 2. The molecule has 5 nitrogen and oxygen atoms in total. The second kappa shape index (κ2) is 15.0. The summed E-state index contributed by atoms with van der Waals surface area (Å²) in [5, 5.41) is 0. The zero-order valence-electron chi connectivity index (χ0n) is 32.1. The predicted octanol–water partition coefficient (Wildman–Crippen LogP) is 12.3. The van der Waals surface area contributed by atoms with Crippen molar-refractivity contribution in [1.82, 2.24) is 14.9 Å². The monoisotopic (exact) mass is 781 g/mol. The number of aromatic amines is 2. The molecule has 0 fully saturated rings. The van der Waals surface area contributed by atoms with Gasteiger partial charge in [0, 0.05) is 28.2 Å². The summed E-state index contributed by atoms with van der Waals surface area (Å²) in [5.41, 5.74) is 19.2. The number of halogens is 1. The standard InChI is InChI=1S/C49H44BrN5/c1-30-25-32(3)46(33(4)26-30)48(39-18-17-38(51-39)37-15-11-8-12-16-37)41-20-23-44(53-41)55(29-36-13-9-7-10-14-36)45-24-21-42(54-45)49(40-19-22-43(50)52-40)47-34(5)27-31(2)28-35(47)6/h7-28,51-52H,29H2,1-6H3/b48-41+,49-42-. The number of rotatable bonds is 7. The van der Waals surface area contributed by atoms with Crippen molar-refractivity contribution < 1.29 is 0 Å². The van der Waals surface area contributed by atoms with Gasteiger partial charge in [-0.15, -0.1) is 0 Å². The maximum absolute atomic E-state index is 5.44. The van der Waals surface area contributed by atoms with Crippen LogP contribution in [-0.4, -0.2) is 26.5 Å². The smallest absolute Gasteiger partial charge is 0.135 e. The molecule has 4 heterocycles. The molecule has 0 radical (unpaired) electrons. The van der Waals surface area contributed by atoms with Gasteiger partial charge < -0.3 is 14.9 Å². The first-order valence-corrected chi connectivity index (χ1v) is 19.5. The van der Waals surface area contributed by atoms with Crippen LogP contribution in [-0.2, 0) is 6.54 Å². The summed E-state index contributed by atoms with van der Waals surface area (Å²) in [5.74, 6) is 1.68. The van der Waals surface area contributed by atoms with E-state index >= 15 is 0 Å². The van der Waals surface area contributed by atoms with E-state index in [1.807, 2.05) is 12.1 Å². The molecule has 6 aromatic rings. The van der Waals surface area contributed by atoms with Gasteiger partial charge in [-0.25, -0.2) is 9.98 Å². The van der Waals surface area contributed by atoms with Crippen molar-refractivity contribution in [3.63, 3.8) is 0 Å². The molecule has 2 aromatic heterocycles. The number of H-pyrrole nitrogens is 2. The highest BCUT2D eigenvalue weighted by molar-refractivity contribution is 9.10. The maximum atomic E-state index is 5.44. The van der Waals surface area contributed by atoms with Gasteiger partial charge in [0.05, 0.1) is 22.5 Å². The van der Waals surface area contributed by atoms with Crippen molar-refractivity contribution in [1.29, 1.82) is 0 Å². The molecular weight excluding hydrogens is 738 g/mol. The Bertz CT molecular complexity index is 2580. The Kier molecular flexibility index (Phi) is 9.85. The van der Waals surface area contributed by atoms with Crippen LogP contribution >= 0.6 is 15.9 Å². The zero-order chi connectivity index (χ0) is 38.2. The zero-order valence-corrected chi connectivity index (χ0v) is 33.7. The van der Waals surface area contributed by atoms with E-state index in [0.717, 1.165) is 61.5 Å². The van der Waals surface area contributed by atoms with Crippen LogP contribution in [0.3, 0.4) is 0 Å². The number of hydrogen-bond acceptors (Lipinski definition) is 3. The number of benzene rings is 4. The van der Waals surface area contributed by atoms with Crippen LogP contribution < -0.4 is 0 Å². The summed E-state index contributed by atoms with van der Waals surface area (Å²) in [7, 11) is 0. The van der Waals surface area contributed by atoms with Crippen LogP contribution in [0.25, 0.3) is 22.4 Å². The second-order valence-corrected chi connectivity index (χ2v) is 15.5. The molecule has 2 aliphatic rings. The summed E-state index contributed by atoms with van der Waals surface area (Å²) < 4.78 is 0.928. The Balaban J connectivity index is 1.29. The summed E-state index contributed by atoms with van der Waals surface area (Å²) in [4.78, 5) is 20.4. The molecule has 8 rings (SSSR count). The molecule has 0 atom stereocenters. The van der Waals surface area contributed by atoms with Gasteiger partial charge in [0.15, 0.2) is 0 Å². The third-order valence-electron chi connectivity index (χ3n) is 10.3. The van der Waals surface area contributed by atoms with Crippen LogP contribution in [0.4, 0.5) is 0 Å². The first-order chi connectivity index (χ1) is 26.6. The first kappa shape index (κ1) is 36.0. The van der Waals surface area contributed by atoms with Crippen LogP contribution in [0.15, 0.2) is 159 Å². The van der Waals surface area contributed by atoms with E-state index < -0.39 is 0 Å². The largest absolute Gasteiger partial charge is 0.354 e. The van der Waals surface area contributed by atoms with Gasteiger partial charge in [-0.3, -0.25) is 0 Å². The van der Waals surface area contributed by atoms with Gasteiger partial charge >= 0.3 is 0 Å². The fraction of sp³-hybridized carbons (Fsp3) is 0.143. The van der Waals surface area contributed by atoms with E-state index in [1.54, 1.807) is 0 Å². The number of aromatic nitrogens is 2. The summed E-state index contributed by atoms with van der Waals surface area (Å²) in [6, 6.07) is 38.6. The predicted molar refractivity (Wildman–Crippen MR) is 233 cm³/mol. The molecule has 2 aliphatic heterocycles. The van der Waals surface area contributed by atoms with E-state index in [9.17, 15) is 0 Å². The Labute approximate surface area is 332 Å². The van der Waals surface area contributed by atoms with Crippen molar-refractivity contribution in [2.45, 2.75) is 48.1 Å². The molecular formula is C49H44BrN5. The van der Waals surface area contributed by atoms with Crippen LogP contribution in [0, 0.1) is 41.5 Å². The molecule has 2 N–H and O–H groups in total. The second-order valence-electron chi connectivity index (χ2n) is 14.6. The van der Waals surface area contributed by atoms with Crippen molar-refractivity contribution in [2.24, 2.45) is 9.98 Å². The normalized spacial score (nSPS) is 15.4. The molecule has 4 aromatic carbocycles. The Hall–Kier alpha value is -5.98. The lowest BCUT2D eigenvalue weighted by Crippen LogP contribution is -2.33. The van der Waals surface area contributed by atoms with Crippen molar-refractivity contribution in [3.05, 3.63) is 211 Å². The van der Waals surface area contributed by atoms with Crippen molar-refractivity contribution in [2.75, 3.05) is 0 Å². The summed E-state index contributed by atoms with van der Waals surface area (Å²) in [6.45, 7) is 13.7. The van der Waals surface area contributed by atoms with Gasteiger partial charge in [0.1, 0.15) is 11.7 Å². The molecule has 0 saturated heterocycles. The SMILES string of the molecule is Cc1cc(C)c(/C(=C2\C=CC(N(Cc3ccccc3)C3=N/C(=C(/c4ccc(Br)[nH]4)c4c(C)cc(C)cc4C)C=C3)=N2)c2ccc(-c3ccccc3)[nH]2)c(C)c1. The molecule has 0 aliphatic carbocycles. The molecule has 272 valence electrons. The summed E-state index contributed by atoms with van der Waals surface area (Å²) in [6.07, 6.45) is 8.55. The number of nitrogens with zero attached hydrogens (tertiary/aromatic N) is 3. The number of aliphatic imine (C=N–C) groups is 2. The number of amidine groups is 2.